The summed E-state index contributed by atoms with van der Waals surface area (Å²) in [6, 6.07) is 0. The van der Waals surface area contributed by atoms with Gasteiger partial charge in [0, 0.05) is 6.54 Å². The molecule has 0 spiro atoms. The van der Waals surface area contributed by atoms with Crippen LogP contribution in [0.15, 0.2) is 11.5 Å². The van der Waals surface area contributed by atoms with Gasteiger partial charge in [-0.1, -0.05) is 19.0 Å². The molecular weight excluding hydrogens is 182 g/mol. The van der Waals surface area contributed by atoms with Crippen molar-refractivity contribution < 1.29 is 5.21 Å². The molecule has 0 aromatic carbocycles. The van der Waals surface area contributed by atoms with Crippen molar-refractivity contribution in [2.24, 2.45) is 16.8 Å². The first-order chi connectivity index (χ1) is 6.63. The van der Waals surface area contributed by atoms with Gasteiger partial charge in [0.1, 0.15) is 18.0 Å². The van der Waals surface area contributed by atoms with Crippen LogP contribution in [0.25, 0.3) is 0 Å². The monoisotopic (exact) mass is 197 g/mol. The Morgan fingerprint density at radius 2 is 2.43 bits per heavy atom. The summed E-state index contributed by atoms with van der Waals surface area (Å²) < 4.78 is 1.77. The fourth-order valence-corrected chi connectivity index (χ4v) is 1.12. The maximum Gasteiger partial charge on any atom is 0.146 e. The molecule has 0 aliphatic carbocycles. The minimum absolute atomic E-state index is 0.142. The van der Waals surface area contributed by atoms with Gasteiger partial charge >= 0.3 is 0 Å². The second kappa shape index (κ2) is 4.59. The van der Waals surface area contributed by atoms with Gasteiger partial charge < -0.3 is 10.9 Å². The molecule has 0 amide bonds. The van der Waals surface area contributed by atoms with E-state index in [1.165, 1.54) is 6.33 Å². The van der Waals surface area contributed by atoms with Gasteiger partial charge in [-0.25, -0.2) is 9.67 Å². The largest absolute Gasteiger partial charge is 0.409 e. The third-order valence-corrected chi connectivity index (χ3v) is 1.70. The molecule has 0 bridgehead atoms. The van der Waals surface area contributed by atoms with E-state index in [-0.39, 0.29) is 5.84 Å². The number of oxime groups is 1. The van der Waals surface area contributed by atoms with Crippen LogP contribution in [-0.2, 0) is 13.0 Å². The molecule has 6 heteroatoms. The topological polar surface area (TPSA) is 89.3 Å². The van der Waals surface area contributed by atoms with E-state index in [1.54, 1.807) is 4.68 Å². The van der Waals surface area contributed by atoms with Crippen molar-refractivity contribution in [3.8, 4) is 0 Å². The molecular formula is C8H15N5O. The van der Waals surface area contributed by atoms with E-state index in [1.807, 2.05) is 0 Å². The van der Waals surface area contributed by atoms with Crippen LogP contribution in [0.1, 0.15) is 19.7 Å². The van der Waals surface area contributed by atoms with Crippen LogP contribution in [0.4, 0.5) is 0 Å². The van der Waals surface area contributed by atoms with E-state index < -0.39 is 0 Å². The van der Waals surface area contributed by atoms with Gasteiger partial charge in [-0.3, -0.25) is 0 Å². The SMILES string of the molecule is CC(C)Cn1ncnc1CC(N)=NO. The molecule has 78 valence electrons. The summed E-state index contributed by atoms with van der Waals surface area (Å²) in [5.41, 5.74) is 5.38. The molecule has 0 saturated carbocycles. The van der Waals surface area contributed by atoms with Crippen molar-refractivity contribution in [1.82, 2.24) is 14.8 Å². The van der Waals surface area contributed by atoms with Gasteiger partial charge in [0.05, 0.1) is 6.42 Å². The molecule has 0 aliphatic rings. The molecule has 6 nitrogen and oxygen atoms in total. The van der Waals surface area contributed by atoms with Crippen molar-refractivity contribution in [3.05, 3.63) is 12.2 Å². The highest BCUT2D eigenvalue weighted by molar-refractivity contribution is 5.81. The Balaban J connectivity index is 2.72. The van der Waals surface area contributed by atoms with Crippen LogP contribution in [0.5, 0.6) is 0 Å². The molecule has 1 aromatic rings. The Labute approximate surface area is 82.4 Å². The van der Waals surface area contributed by atoms with Gasteiger partial charge in [0.2, 0.25) is 0 Å². The Morgan fingerprint density at radius 3 is 3.00 bits per heavy atom. The first kappa shape index (κ1) is 10.5. The minimum Gasteiger partial charge on any atom is -0.409 e. The normalized spacial score (nSPS) is 12.4. The predicted molar refractivity (Wildman–Crippen MR) is 52.0 cm³/mol. The lowest BCUT2D eigenvalue weighted by atomic mass is 10.2. The summed E-state index contributed by atoms with van der Waals surface area (Å²) in [6.07, 6.45) is 1.80. The fraction of sp³-hybridized carbons (Fsp3) is 0.625. The average Bonchev–Trinajstić information content (AvgIpc) is 2.52. The van der Waals surface area contributed by atoms with Crippen LogP contribution in [0.2, 0.25) is 0 Å². The van der Waals surface area contributed by atoms with Crippen molar-refractivity contribution in [2.75, 3.05) is 0 Å². The molecule has 0 unspecified atom stereocenters. The van der Waals surface area contributed by atoms with Crippen molar-refractivity contribution in [2.45, 2.75) is 26.8 Å². The van der Waals surface area contributed by atoms with Crippen molar-refractivity contribution in [3.63, 3.8) is 0 Å². The zero-order valence-corrected chi connectivity index (χ0v) is 8.38. The Kier molecular flexibility index (Phi) is 3.44. The molecule has 0 atom stereocenters. The van der Waals surface area contributed by atoms with Crippen LogP contribution < -0.4 is 5.73 Å². The Bertz CT molecular complexity index is 317. The third-order valence-electron chi connectivity index (χ3n) is 1.70. The lowest BCUT2D eigenvalue weighted by molar-refractivity contribution is 0.317. The van der Waals surface area contributed by atoms with Crippen molar-refractivity contribution >= 4 is 5.84 Å². The van der Waals surface area contributed by atoms with Crippen LogP contribution >= 0.6 is 0 Å². The lowest BCUT2D eigenvalue weighted by Crippen LogP contribution is -2.19. The predicted octanol–water partition coefficient (Wildman–Crippen LogP) is 0.223. The van der Waals surface area contributed by atoms with E-state index in [0.717, 1.165) is 6.54 Å². The quantitative estimate of drug-likeness (QED) is 0.313. The summed E-state index contributed by atoms with van der Waals surface area (Å²) in [6.45, 7) is 4.97. The lowest BCUT2D eigenvalue weighted by Gasteiger charge is -2.07. The molecule has 0 radical (unpaired) electrons. The standard InChI is InChI=1S/C8H15N5O/c1-6(2)4-13-8(10-5-11-13)3-7(9)12-14/h5-6,14H,3-4H2,1-2H3,(H2,9,12). The molecule has 0 fully saturated rings. The highest BCUT2D eigenvalue weighted by atomic mass is 16.4. The summed E-state index contributed by atoms with van der Waals surface area (Å²) in [5, 5.41) is 15.4. The highest BCUT2D eigenvalue weighted by Gasteiger charge is 2.07. The van der Waals surface area contributed by atoms with E-state index >= 15 is 0 Å². The number of hydrogen-bond acceptors (Lipinski definition) is 4. The molecule has 0 saturated heterocycles. The summed E-state index contributed by atoms with van der Waals surface area (Å²) >= 11 is 0. The highest BCUT2D eigenvalue weighted by Crippen LogP contribution is 2.01. The number of nitrogens with two attached hydrogens (primary N) is 1. The molecule has 14 heavy (non-hydrogen) atoms. The number of rotatable bonds is 4. The zero-order valence-electron chi connectivity index (χ0n) is 8.38. The Hall–Kier alpha value is -1.59. The van der Waals surface area contributed by atoms with E-state index in [0.29, 0.717) is 18.2 Å². The van der Waals surface area contributed by atoms with E-state index in [2.05, 4.69) is 29.1 Å². The second-order valence-corrected chi connectivity index (χ2v) is 3.52. The molecule has 1 rings (SSSR count). The maximum atomic E-state index is 8.41. The number of hydrogen-bond donors (Lipinski definition) is 2. The van der Waals surface area contributed by atoms with E-state index in [4.69, 9.17) is 10.9 Å². The maximum absolute atomic E-state index is 8.41. The van der Waals surface area contributed by atoms with Crippen LogP contribution in [0.3, 0.4) is 0 Å². The fourth-order valence-electron chi connectivity index (χ4n) is 1.12. The Morgan fingerprint density at radius 1 is 1.71 bits per heavy atom. The van der Waals surface area contributed by atoms with Gasteiger partial charge in [0.25, 0.3) is 0 Å². The van der Waals surface area contributed by atoms with E-state index in [9.17, 15) is 0 Å². The van der Waals surface area contributed by atoms with Gasteiger partial charge in [-0.2, -0.15) is 5.10 Å². The number of nitrogens with zero attached hydrogens (tertiary/aromatic N) is 4. The van der Waals surface area contributed by atoms with Crippen LogP contribution in [0, 0.1) is 5.92 Å². The zero-order chi connectivity index (χ0) is 10.6. The molecule has 0 aliphatic heterocycles. The first-order valence-corrected chi connectivity index (χ1v) is 4.46. The first-order valence-electron chi connectivity index (χ1n) is 4.46. The molecule has 1 heterocycles. The second-order valence-electron chi connectivity index (χ2n) is 3.52. The summed E-state index contributed by atoms with van der Waals surface area (Å²) in [4.78, 5) is 4.04. The van der Waals surface area contributed by atoms with Gasteiger partial charge in [0.15, 0.2) is 0 Å². The van der Waals surface area contributed by atoms with Crippen LogP contribution in [-0.4, -0.2) is 25.8 Å². The molecule has 3 N–H and O–H groups in total. The van der Waals surface area contributed by atoms with Gasteiger partial charge in [-0.15, -0.1) is 0 Å². The smallest absolute Gasteiger partial charge is 0.146 e. The average molecular weight is 197 g/mol. The minimum atomic E-state index is 0.142. The van der Waals surface area contributed by atoms with Crippen molar-refractivity contribution in [1.29, 1.82) is 0 Å². The number of amidine groups is 1. The summed E-state index contributed by atoms with van der Waals surface area (Å²) in [5.74, 6) is 1.35. The third kappa shape index (κ3) is 2.72. The summed E-state index contributed by atoms with van der Waals surface area (Å²) in [7, 11) is 0. The van der Waals surface area contributed by atoms with Gasteiger partial charge in [-0.05, 0) is 5.92 Å². The molecule has 1 aromatic heterocycles. The number of aromatic nitrogens is 3.